The molecule has 1 aromatic carbocycles. The smallest absolute Gasteiger partial charge is 0.262 e. The van der Waals surface area contributed by atoms with Gasteiger partial charge in [0, 0.05) is 15.8 Å². The van der Waals surface area contributed by atoms with Gasteiger partial charge in [0.05, 0.1) is 7.11 Å². The summed E-state index contributed by atoms with van der Waals surface area (Å²) in [6.07, 6.45) is 0. The number of methoxy groups -OCH3 is 1. The summed E-state index contributed by atoms with van der Waals surface area (Å²) >= 11 is 1.31. The molecule has 0 unspecified atom stereocenters. The van der Waals surface area contributed by atoms with Crippen molar-refractivity contribution in [1.29, 1.82) is 0 Å². The molecule has 0 bridgehead atoms. The number of nitrogen functional groups attached to an aromatic ring is 1. The number of carbonyl (C=O) groups is 1. The Hall–Kier alpha value is -1.75. The Labute approximate surface area is 90.4 Å². The SMILES string of the molecule is COc1c(C(N)=O)sc2ccc(N)cc12. The molecule has 0 radical (unpaired) electrons. The summed E-state index contributed by atoms with van der Waals surface area (Å²) in [5.74, 6) is 0.0291. The molecule has 0 aliphatic heterocycles. The van der Waals surface area contributed by atoms with Gasteiger partial charge in [-0.2, -0.15) is 0 Å². The molecule has 0 saturated carbocycles. The van der Waals surface area contributed by atoms with Gasteiger partial charge in [-0.1, -0.05) is 0 Å². The number of anilines is 1. The first-order valence-corrected chi connectivity index (χ1v) is 5.11. The quantitative estimate of drug-likeness (QED) is 0.757. The van der Waals surface area contributed by atoms with Crippen LogP contribution in [0.1, 0.15) is 9.67 Å². The highest BCUT2D eigenvalue weighted by Crippen LogP contribution is 2.38. The lowest BCUT2D eigenvalue weighted by atomic mass is 10.2. The maximum absolute atomic E-state index is 11.2. The normalized spacial score (nSPS) is 10.5. The van der Waals surface area contributed by atoms with Gasteiger partial charge in [0.25, 0.3) is 5.91 Å². The highest BCUT2D eigenvalue weighted by Gasteiger charge is 2.16. The zero-order valence-electron chi connectivity index (χ0n) is 8.11. The second-order valence-electron chi connectivity index (χ2n) is 3.08. The van der Waals surface area contributed by atoms with Crippen LogP contribution in [0.2, 0.25) is 0 Å². The Morgan fingerprint density at radius 1 is 1.47 bits per heavy atom. The molecule has 15 heavy (non-hydrogen) atoms. The van der Waals surface area contributed by atoms with Gasteiger partial charge in [-0.25, -0.2) is 0 Å². The van der Waals surface area contributed by atoms with Crippen molar-refractivity contribution in [3.05, 3.63) is 23.1 Å². The molecule has 1 amide bonds. The topological polar surface area (TPSA) is 78.3 Å². The number of carbonyl (C=O) groups excluding carboxylic acids is 1. The van der Waals surface area contributed by atoms with E-state index in [1.54, 1.807) is 12.1 Å². The summed E-state index contributed by atoms with van der Waals surface area (Å²) in [7, 11) is 1.51. The first kappa shape index (κ1) is 9.79. The molecule has 4 nitrogen and oxygen atoms in total. The zero-order chi connectivity index (χ0) is 11.0. The molecule has 0 aliphatic rings. The van der Waals surface area contributed by atoms with Crippen LogP contribution in [-0.4, -0.2) is 13.0 Å². The van der Waals surface area contributed by atoms with Crippen molar-refractivity contribution in [3.63, 3.8) is 0 Å². The average molecular weight is 222 g/mol. The van der Waals surface area contributed by atoms with Gasteiger partial charge in [-0.3, -0.25) is 4.79 Å². The van der Waals surface area contributed by atoms with E-state index >= 15 is 0 Å². The molecule has 5 heteroatoms. The van der Waals surface area contributed by atoms with Crippen LogP contribution in [0.25, 0.3) is 10.1 Å². The van der Waals surface area contributed by atoms with E-state index in [0.29, 0.717) is 16.3 Å². The number of ether oxygens (including phenoxy) is 1. The minimum atomic E-state index is -0.480. The standard InChI is InChI=1S/C10H10N2O2S/c1-14-8-6-4-5(11)2-3-7(6)15-9(8)10(12)13/h2-4H,11H2,1H3,(H2,12,13). The monoisotopic (exact) mass is 222 g/mol. The molecule has 2 rings (SSSR count). The Kier molecular flexibility index (Phi) is 2.24. The molecule has 4 N–H and O–H groups in total. The molecule has 0 fully saturated rings. The number of hydrogen-bond donors (Lipinski definition) is 2. The Morgan fingerprint density at radius 3 is 2.80 bits per heavy atom. The van der Waals surface area contributed by atoms with Crippen LogP contribution in [0.15, 0.2) is 18.2 Å². The first-order chi connectivity index (χ1) is 7.13. The molecule has 2 aromatic rings. The summed E-state index contributed by atoms with van der Waals surface area (Å²) < 4.78 is 6.11. The van der Waals surface area contributed by atoms with Gasteiger partial charge in [-0.05, 0) is 18.2 Å². The first-order valence-electron chi connectivity index (χ1n) is 4.29. The van der Waals surface area contributed by atoms with Crippen molar-refractivity contribution < 1.29 is 9.53 Å². The van der Waals surface area contributed by atoms with E-state index in [-0.39, 0.29) is 0 Å². The van der Waals surface area contributed by atoms with Crippen molar-refractivity contribution >= 4 is 33.0 Å². The predicted molar refractivity (Wildman–Crippen MR) is 61.3 cm³/mol. The number of thiophene rings is 1. The fraction of sp³-hybridized carbons (Fsp3) is 0.100. The third-order valence-corrected chi connectivity index (χ3v) is 3.26. The van der Waals surface area contributed by atoms with Gasteiger partial charge in [-0.15, -0.1) is 11.3 Å². The number of primary amides is 1. The third-order valence-electron chi connectivity index (χ3n) is 2.09. The maximum atomic E-state index is 11.2. The second kappa shape index (κ2) is 3.43. The number of fused-ring (bicyclic) bond motifs is 1. The van der Waals surface area contributed by atoms with E-state index in [1.165, 1.54) is 18.4 Å². The molecular weight excluding hydrogens is 212 g/mol. The van der Waals surface area contributed by atoms with Crippen molar-refractivity contribution in [3.8, 4) is 5.75 Å². The number of benzene rings is 1. The van der Waals surface area contributed by atoms with Crippen LogP contribution in [-0.2, 0) is 0 Å². The Balaban J connectivity index is 2.79. The molecule has 78 valence electrons. The number of nitrogens with two attached hydrogens (primary N) is 2. The molecular formula is C10H10N2O2S. The summed E-state index contributed by atoms with van der Waals surface area (Å²) in [6, 6.07) is 5.41. The third kappa shape index (κ3) is 1.50. The second-order valence-corrected chi connectivity index (χ2v) is 4.14. The van der Waals surface area contributed by atoms with Gasteiger partial charge in [0.1, 0.15) is 10.6 Å². The lowest BCUT2D eigenvalue weighted by molar-refractivity contribution is 0.100. The summed E-state index contributed by atoms with van der Waals surface area (Å²) in [4.78, 5) is 11.6. The lowest BCUT2D eigenvalue weighted by Crippen LogP contribution is -2.09. The van der Waals surface area contributed by atoms with Crippen LogP contribution in [0.4, 0.5) is 5.69 Å². The summed E-state index contributed by atoms with van der Waals surface area (Å²) in [6.45, 7) is 0. The van der Waals surface area contributed by atoms with E-state index < -0.39 is 5.91 Å². The van der Waals surface area contributed by atoms with E-state index in [9.17, 15) is 4.79 Å². The van der Waals surface area contributed by atoms with Gasteiger partial charge >= 0.3 is 0 Å². The minimum Gasteiger partial charge on any atom is -0.494 e. The maximum Gasteiger partial charge on any atom is 0.262 e. The predicted octanol–water partition coefficient (Wildman–Crippen LogP) is 1.59. The van der Waals surface area contributed by atoms with Gasteiger partial charge < -0.3 is 16.2 Å². The molecule has 0 atom stereocenters. The van der Waals surface area contributed by atoms with E-state index in [2.05, 4.69) is 0 Å². The van der Waals surface area contributed by atoms with Gasteiger partial charge in [0.2, 0.25) is 0 Å². The minimum absolute atomic E-state index is 0.429. The number of amides is 1. The molecule has 0 aliphatic carbocycles. The van der Waals surface area contributed by atoms with E-state index in [1.807, 2.05) is 6.07 Å². The van der Waals surface area contributed by atoms with Crippen LogP contribution in [0.5, 0.6) is 5.75 Å². The van der Waals surface area contributed by atoms with Crippen molar-refractivity contribution in [2.75, 3.05) is 12.8 Å². The Morgan fingerprint density at radius 2 is 2.20 bits per heavy atom. The van der Waals surface area contributed by atoms with E-state index in [4.69, 9.17) is 16.2 Å². The fourth-order valence-corrected chi connectivity index (χ4v) is 2.46. The van der Waals surface area contributed by atoms with Gasteiger partial charge in [0.15, 0.2) is 0 Å². The summed E-state index contributed by atoms with van der Waals surface area (Å²) in [5, 5.41) is 0.830. The van der Waals surface area contributed by atoms with Crippen LogP contribution in [0, 0.1) is 0 Å². The highest BCUT2D eigenvalue weighted by atomic mass is 32.1. The summed E-state index contributed by atoms with van der Waals surface area (Å²) in [5.41, 5.74) is 11.6. The molecule has 0 saturated heterocycles. The average Bonchev–Trinajstić information content (AvgIpc) is 2.55. The van der Waals surface area contributed by atoms with Crippen molar-refractivity contribution in [2.24, 2.45) is 5.73 Å². The van der Waals surface area contributed by atoms with Crippen molar-refractivity contribution in [1.82, 2.24) is 0 Å². The molecule has 0 spiro atoms. The van der Waals surface area contributed by atoms with Crippen molar-refractivity contribution in [2.45, 2.75) is 0 Å². The van der Waals surface area contributed by atoms with Crippen LogP contribution in [0.3, 0.4) is 0 Å². The lowest BCUT2D eigenvalue weighted by Gasteiger charge is -1.99. The van der Waals surface area contributed by atoms with Crippen LogP contribution < -0.4 is 16.2 Å². The van der Waals surface area contributed by atoms with Crippen LogP contribution >= 0.6 is 11.3 Å². The largest absolute Gasteiger partial charge is 0.494 e. The Bertz CT molecular complexity index is 533. The van der Waals surface area contributed by atoms with E-state index in [0.717, 1.165) is 10.1 Å². The molecule has 1 heterocycles. The fourth-order valence-electron chi connectivity index (χ4n) is 1.46. The zero-order valence-corrected chi connectivity index (χ0v) is 8.93. The number of rotatable bonds is 2. The number of hydrogen-bond acceptors (Lipinski definition) is 4. The highest BCUT2D eigenvalue weighted by molar-refractivity contribution is 7.21. The molecule has 1 aromatic heterocycles.